The van der Waals surface area contributed by atoms with Crippen LogP contribution >= 0.6 is 11.6 Å². The van der Waals surface area contributed by atoms with Gasteiger partial charge in [0.05, 0.1) is 6.04 Å². The molecule has 6 heteroatoms. The number of allylic oxidation sites excluding steroid dienone is 1. The van der Waals surface area contributed by atoms with Gasteiger partial charge in [-0.15, -0.1) is 0 Å². The first kappa shape index (κ1) is 20.5. The van der Waals surface area contributed by atoms with Gasteiger partial charge in [-0.25, -0.2) is 4.98 Å². The molecule has 154 valence electrons. The predicted molar refractivity (Wildman–Crippen MR) is 114 cm³/mol. The van der Waals surface area contributed by atoms with E-state index in [1.807, 2.05) is 24.3 Å². The molecular weight excluding hydrogens is 400 g/mol. The number of Topliss-reactive ketones (excluding diaryl/α,β-unsaturated/α-hetero) is 2. The van der Waals surface area contributed by atoms with Crippen molar-refractivity contribution in [2.45, 2.75) is 51.1 Å². The number of pyridine rings is 1. The zero-order chi connectivity index (χ0) is 21.3. The Bertz CT molecular complexity index is 1030. The van der Waals surface area contributed by atoms with E-state index in [-0.39, 0.29) is 23.5 Å². The van der Waals surface area contributed by atoms with Crippen LogP contribution in [-0.4, -0.2) is 33.4 Å². The molecule has 1 aliphatic heterocycles. The third-order valence-electron chi connectivity index (χ3n) is 5.83. The van der Waals surface area contributed by atoms with Crippen molar-refractivity contribution in [3.05, 3.63) is 76.1 Å². The van der Waals surface area contributed by atoms with Crippen LogP contribution in [0, 0.1) is 0 Å². The molecule has 1 aromatic heterocycles. The van der Waals surface area contributed by atoms with Crippen LogP contribution < -0.4 is 0 Å². The molecule has 1 amide bonds. The minimum absolute atomic E-state index is 0.0753. The predicted octanol–water partition coefficient (Wildman–Crippen LogP) is 4.11. The fourth-order valence-corrected chi connectivity index (χ4v) is 4.31. The monoisotopic (exact) mass is 422 g/mol. The Morgan fingerprint density at radius 3 is 2.73 bits per heavy atom. The number of carbonyl (C=O) groups is 3. The van der Waals surface area contributed by atoms with Crippen molar-refractivity contribution in [2.24, 2.45) is 0 Å². The van der Waals surface area contributed by atoms with E-state index in [0.717, 1.165) is 28.7 Å². The van der Waals surface area contributed by atoms with E-state index >= 15 is 0 Å². The Morgan fingerprint density at radius 1 is 1.20 bits per heavy atom. The summed E-state index contributed by atoms with van der Waals surface area (Å²) < 4.78 is 0. The van der Waals surface area contributed by atoms with Crippen molar-refractivity contribution in [2.75, 3.05) is 0 Å². The Morgan fingerprint density at radius 2 is 2.00 bits per heavy atom. The first-order valence-corrected chi connectivity index (χ1v) is 10.5. The van der Waals surface area contributed by atoms with E-state index in [2.05, 4.69) is 11.6 Å². The standard InChI is InChI=1S/C24H23ClN2O3/c1-15-2-8-21(22(29)10-15)27-14-18-11-16(4-7-20(18)24(27)30)3-6-19(28)12-17-5-9-23(25)26-13-17/h4-5,7,9,11,13,21H,1-3,6,8,10,12,14H2. The number of amides is 1. The normalized spacial score (nSPS) is 18.6. The molecule has 2 aromatic rings. The van der Waals surface area contributed by atoms with Gasteiger partial charge in [0.15, 0.2) is 5.78 Å². The largest absolute Gasteiger partial charge is 0.324 e. The summed E-state index contributed by atoms with van der Waals surface area (Å²) in [5.41, 5.74) is 4.41. The van der Waals surface area contributed by atoms with Gasteiger partial charge in [0.1, 0.15) is 10.9 Å². The van der Waals surface area contributed by atoms with Crippen LogP contribution in [-0.2, 0) is 29.0 Å². The average molecular weight is 423 g/mol. The van der Waals surface area contributed by atoms with Crippen LogP contribution in [0.2, 0.25) is 5.15 Å². The van der Waals surface area contributed by atoms with Gasteiger partial charge < -0.3 is 4.90 Å². The van der Waals surface area contributed by atoms with Crippen LogP contribution in [0.4, 0.5) is 0 Å². The number of hydrogen-bond acceptors (Lipinski definition) is 4. The zero-order valence-corrected chi connectivity index (χ0v) is 17.5. The van der Waals surface area contributed by atoms with Crippen molar-refractivity contribution < 1.29 is 14.4 Å². The average Bonchev–Trinajstić information content (AvgIpc) is 3.04. The lowest BCUT2D eigenvalue weighted by Gasteiger charge is -2.30. The van der Waals surface area contributed by atoms with E-state index in [4.69, 9.17) is 11.6 Å². The summed E-state index contributed by atoms with van der Waals surface area (Å²) in [5, 5.41) is 0.410. The third-order valence-corrected chi connectivity index (χ3v) is 6.05. The first-order valence-electron chi connectivity index (χ1n) is 10.1. The SMILES string of the molecule is C=C1CCC(N2Cc3cc(CCC(=O)Cc4ccc(Cl)nc4)ccc3C2=O)C(=O)C1. The van der Waals surface area contributed by atoms with E-state index in [1.165, 1.54) is 0 Å². The first-order chi connectivity index (χ1) is 14.4. The summed E-state index contributed by atoms with van der Waals surface area (Å²) >= 11 is 5.77. The number of ketones is 2. The molecule has 30 heavy (non-hydrogen) atoms. The molecule has 1 atom stereocenters. The van der Waals surface area contributed by atoms with Crippen LogP contribution in [0.3, 0.4) is 0 Å². The minimum Gasteiger partial charge on any atom is -0.324 e. The summed E-state index contributed by atoms with van der Waals surface area (Å²) in [7, 11) is 0. The van der Waals surface area contributed by atoms with E-state index in [1.54, 1.807) is 17.2 Å². The molecule has 1 fully saturated rings. The Labute approximate surface area is 180 Å². The number of aromatic nitrogens is 1. The number of carbonyl (C=O) groups excluding carboxylic acids is 3. The summed E-state index contributed by atoms with van der Waals surface area (Å²) in [6.07, 6.45) is 4.78. The molecule has 0 spiro atoms. The Balaban J connectivity index is 1.38. The molecule has 0 radical (unpaired) electrons. The quantitative estimate of drug-likeness (QED) is 0.519. The molecule has 0 bridgehead atoms. The van der Waals surface area contributed by atoms with E-state index in [9.17, 15) is 14.4 Å². The number of benzene rings is 1. The molecule has 2 aliphatic rings. The van der Waals surface area contributed by atoms with Gasteiger partial charge >= 0.3 is 0 Å². The van der Waals surface area contributed by atoms with Gasteiger partial charge in [0.2, 0.25) is 0 Å². The van der Waals surface area contributed by atoms with Crippen molar-refractivity contribution in [1.82, 2.24) is 9.88 Å². The van der Waals surface area contributed by atoms with Crippen molar-refractivity contribution >= 4 is 29.1 Å². The van der Waals surface area contributed by atoms with Gasteiger partial charge in [0, 0.05) is 37.6 Å². The highest BCUT2D eigenvalue weighted by Crippen LogP contribution is 2.31. The summed E-state index contributed by atoms with van der Waals surface area (Å²) in [6.45, 7) is 4.35. The van der Waals surface area contributed by atoms with Crippen molar-refractivity contribution in [3.63, 3.8) is 0 Å². The second kappa shape index (κ2) is 8.52. The highest BCUT2D eigenvalue weighted by atomic mass is 35.5. The number of aryl methyl sites for hydroxylation is 1. The van der Waals surface area contributed by atoms with Crippen LogP contribution in [0.25, 0.3) is 0 Å². The van der Waals surface area contributed by atoms with Gasteiger partial charge in [-0.05, 0) is 48.1 Å². The van der Waals surface area contributed by atoms with Crippen LogP contribution in [0.1, 0.15) is 52.7 Å². The summed E-state index contributed by atoms with van der Waals surface area (Å²) in [6, 6.07) is 8.87. The smallest absolute Gasteiger partial charge is 0.255 e. The molecule has 5 nitrogen and oxygen atoms in total. The van der Waals surface area contributed by atoms with Gasteiger partial charge in [-0.1, -0.05) is 42.0 Å². The lowest BCUT2D eigenvalue weighted by atomic mass is 9.90. The molecule has 1 saturated carbocycles. The molecule has 4 rings (SSSR count). The Hall–Kier alpha value is -2.79. The number of rotatable bonds is 6. The topological polar surface area (TPSA) is 67.3 Å². The van der Waals surface area contributed by atoms with Crippen LogP contribution in [0.5, 0.6) is 0 Å². The Kier molecular flexibility index (Phi) is 5.82. The lowest BCUT2D eigenvalue weighted by Crippen LogP contribution is -2.43. The van der Waals surface area contributed by atoms with Crippen molar-refractivity contribution in [1.29, 1.82) is 0 Å². The second-order valence-corrected chi connectivity index (χ2v) is 8.46. The van der Waals surface area contributed by atoms with Gasteiger partial charge in [-0.3, -0.25) is 14.4 Å². The fraction of sp³-hybridized carbons (Fsp3) is 0.333. The van der Waals surface area contributed by atoms with Crippen LogP contribution in [0.15, 0.2) is 48.7 Å². The maximum atomic E-state index is 12.8. The molecule has 2 heterocycles. The minimum atomic E-state index is -0.353. The molecule has 0 saturated heterocycles. The fourth-order valence-electron chi connectivity index (χ4n) is 4.20. The molecule has 1 unspecified atom stereocenters. The van der Waals surface area contributed by atoms with E-state index < -0.39 is 0 Å². The number of hydrogen-bond donors (Lipinski definition) is 0. The zero-order valence-electron chi connectivity index (χ0n) is 16.7. The molecule has 1 aromatic carbocycles. The number of fused-ring (bicyclic) bond motifs is 1. The molecule has 1 aliphatic carbocycles. The maximum Gasteiger partial charge on any atom is 0.255 e. The third kappa shape index (κ3) is 4.36. The van der Waals surface area contributed by atoms with Gasteiger partial charge in [0.25, 0.3) is 5.91 Å². The number of nitrogens with zero attached hydrogens (tertiary/aromatic N) is 2. The number of halogens is 1. The highest BCUT2D eigenvalue weighted by molar-refractivity contribution is 6.29. The molecule has 0 N–H and O–H groups in total. The summed E-state index contributed by atoms with van der Waals surface area (Å²) in [4.78, 5) is 43.2. The second-order valence-electron chi connectivity index (χ2n) is 8.08. The maximum absolute atomic E-state index is 12.8. The summed E-state index contributed by atoms with van der Waals surface area (Å²) in [5.74, 6) is 0.133. The molecular formula is C24H23ClN2O3. The lowest BCUT2D eigenvalue weighted by molar-refractivity contribution is -0.124. The highest BCUT2D eigenvalue weighted by Gasteiger charge is 2.37. The van der Waals surface area contributed by atoms with Crippen molar-refractivity contribution in [3.8, 4) is 0 Å². The van der Waals surface area contributed by atoms with E-state index in [0.29, 0.717) is 49.4 Å². The van der Waals surface area contributed by atoms with Gasteiger partial charge in [-0.2, -0.15) is 0 Å².